The van der Waals surface area contributed by atoms with Crippen LogP contribution in [0.5, 0.6) is 11.5 Å². The molecule has 0 aliphatic heterocycles. The lowest BCUT2D eigenvalue weighted by Gasteiger charge is -2.18. The number of ether oxygens (including phenoxy) is 2. The van der Waals surface area contributed by atoms with E-state index in [1.54, 1.807) is 12.4 Å². The summed E-state index contributed by atoms with van der Waals surface area (Å²) in [5.74, 6) is 0.746. The van der Waals surface area contributed by atoms with Gasteiger partial charge in [0.05, 0.1) is 12.7 Å². The summed E-state index contributed by atoms with van der Waals surface area (Å²) in [5, 5.41) is 9.49. The highest BCUT2D eigenvalue weighted by Gasteiger charge is 2.12. The number of hydrogen-bond donors (Lipinski definition) is 1. The van der Waals surface area contributed by atoms with Crippen LogP contribution in [0.2, 0.25) is 5.02 Å². The molecule has 0 amide bonds. The maximum atomic E-state index is 10.8. The standard InChI is InChI=1S/C25H26ClNO4/c1-17-15-22(6-3-19(17)4-8-25(28)29)30-14-11-18(2)31-24-7-5-21(26)16-23(24)20-9-12-27-13-10-20/h3,5-7,9-10,12-13,15-16,18H,4,8,11,14H2,1-2H3,(H,28,29)/t18-/m1/s1. The van der Waals surface area contributed by atoms with E-state index >= 15 is 0 Å². The molecule has 0 bridgehead atoms. The van der Waals surface area contributed by atoms with Gasteiger partial charge in [-0.15, -0.1) is 0 Å². The minimum absolute atomic E-state index is 0.0577. The summed E-state index contributed by atoms with van der Waals surface area (Å²) in [5.41, 5.74) is 3.98. The van der Waals surface area contributed by atoms with Crippen molar-refractivity contribution in [1.29, 1.82) is 0 Å². The molecule has 0 aliphatic rings. The van der Waals surface area contributed by atoms with Gasteiger partial charge in [-0.25, -0.2) is 0 Å². The van der Waals surface area contributed by atoms with Crippen LogP contribution in [0.25, 0.3) is 11.1 Å². The third kappa shape index (κ3) is 6.72. The molecule has 5 nitrogen and oxygen atoms in total. The number of rotatable bonds is 10. The van der Waals surface area contributed by atoms with Crippen molar-refractivity contribution in [2.75, 3.05) is 6.61 Å². The van der Waals surface area contributed by atoms with Crippen LogP contribution in [0.15, 0.2) is 60.9 Å². The minimum atomic E-state index is -0.790. The number of carboxylic acid groups (broad SMARTS) is 1. The largest absolute Gasteiger partial charge is 0.493 e. The molecule has 2 aromatic carbocycles. The fraction of sp³-hybridized carbons (Fsp3) is 0.280. The van der Waals surface area contributed by atoms with Crippen LogP contribution in [0.3, 0.4) is 0 Å². The first kappa shape index (κ1) is 22.6. The number of halogens is 1. The zero-order valence-corrected chi connectivity index (χ0v) is 18.4. The van der Waals surface area contributed by atoms with Gasteiger partial charge < -0.3 is 14.6 Å². The zero-order valence-electron chi connectivity index (χ0n) is 17.7. The first-order valence-electron chi connectivity index (χ1n) is 10.2. The van der Waals surface area contributed by atoms with E-state index < -0.39 is 5.97 Å². The lowest BCUT2D eigenvalue weighted by atomic mass is 10.0. The Morgan fingerprint density at radius 2 is 1.90 bits per heavy atom. The fourth-order valence-electron chi connectivity index (χ4n) is 3.26. The summed E-state index contributed by atoms with van der Waals surface area (Å²) in [4.78, 5) is 14.8. The normalized spacial score (nSPS) is 11.7. The highest BCUT2D eigenvalue weighted by Crippen LogP contribution is 2.33. The Labute approximate surface area is 187 Å². The molecule has 3 aromatic rings. The average Bonchev–Trinajstić information content (AvgIpc) is 2.75. The molecule has 162 valence electrons. The Hall–Kier alpha value is -3.05. The van der Waals surface area contributed by atoms with E-state index in [9.17, 15) is 4.79 Å². The predicted molar refractivity (Wildman–Crippen MR) is 122 cm³/mol. The Kier molecular flexibility index (Phi) is 7.90. The number of hydrogen-bond acceptors (Lipinski definition) is 4. The SMILES string of the molecule is Cc1cc(OCC[C@@H](C)Oc2ccc(Cl)cc2-c2ccncc2)ccc1CCC(=O)O. The van der Waals surface area contributed by atoms with Gasteiger partial charge in [-0.2, -0.15) is 0 Å². The number of carbonyl (C=O) groups is 1. The van der Waals surface area contributed by atoms with E-state index in [2.05, 4.69) is 4.98 Å². The summed E-state index contributed by atoms with van der Waals surface area (Å²) in [6.07, 6.45) is 4.78. The van der Waals surface area contributed by atoms with Crippen LogP contribution in [0.1, 0.15) is 30.9 Å². The molecule has 1 N–H and O–H groups in total. The molecular weight excluding hydrogens is 414 g/mol. The Morgan fingerprint density at radius 1 is 1.13 bits per heavy atom. The summed E-state index contributed by atoms with van der Waals surface area (Å²) in [6, 6.07) is 15.2. The number of aromatic nitrogens is 1. The van der Waals surface area contributed by atoms with E-state index in [4.69, 9.17) is 26.2 Å². The maximum absolute atomic E-state index is 10.8. The van der Waals surface area contributed by atoms with Gasteiger partial charge in [-0.05, 0) is 79.4 Å². The number of benzene rings is 2. The van der Waals surface area contributed by atoms with Crippen LogP contribution in [-0.4, -0.2) is 28.8 Å². The predicted octanol–water partition coefficient (Wildman–Crippen LogP) is 5.96. The van der Waals surface area contributed by atoms with Crippen molar-refractivity contribution in [3.8, 4) is 22.6 Å². The van der Waals surface area contributed by atoms with Gasteiger partial charge in [0.15, 0.2) is 0 Å². The number of carboxylic acids is 1. The van der Waals surface area contributed by atoms with Crippen LogP contribution in [0.4, 0.5) is 0 Å². The number of nitrogens with zero attached hydrogens (tertiary/aromatic N) is 1. The lowest BCUT2D eigenvalue weighted by molar-refractivity contribution is -0.136. The second kappa shape index (κ2) is 10.8. The monoisotopic (exact) mass is 439 g/mol. The summed E-state index contributed by atoms with van der Waals surface area (Å²) in [7, 11) is 0. The van der Waals surface area contributed by atoms with Crippen LogP contribution in [-0.2, 0) is 11.2 Å². The van der Waals surface area contributed by atoms with Crippen LogP contribution >= 0.6 is 11.6 Å². The Bertz CT molecular complexity index is 1020. The van der Waals surface area contributed by atoms with Crippen molar-refractivity contribution in [1.82, 2.24) is 4.98 Å². The smallest absolute Gasteiger partial charge is 0.303 e. The molecule has 6 heteroatoms. The summed E-state index contributed by atoms with van der Waals surface area (Å²) >= 11 is 6.19. The van der Waals surface area contributed by atoms with Gasteiger partial charge in [-0.1, -0.05) is 17.7 Å². The van der Waals surface area contributed by atoms with Gasteiger partial charge in [0.2, 0.25) is 0 Å². The quantitative estimate of drug-likeness (QED) is 0.421. The van der Waals surface area contributed by atoms with Gasteiger partial charge in [-0.3, -0.25) is 9.78 Å². The average molecular weight is 440 g/mol. The van der Waals surface area contributed by atoms with E-state index in [0.29, 0.717) is 24.5 Å². The van der Waals surface area contributed by atoms with Crippen molar-refractivity contribution in [2.24, 2.45) is 0 Å². The van der Waals surface area contributed by atoms with Gasteiger partial charge in [0, 0.05) is 35.8 Å². The maximum Gasteiger partial charge on any atom is 0.303 e. The van der Waals surface area contributed by atoms with E-state index in [-0.39, 0.29) is 12.5 Å². The van der Waals surface area contributed by atoms with Crippen molar-refractivity contribution in [2.45, 2.75) is 39.2 Å². The Balaban J connectivity index is 1.56. The highest BCUT2D eigenvalue weighted by atomic mass is 35.5. The zero-order chi connectivity index (χ0) is 22.2. The number of aliphatic carboxylic acids is 1. The first-order valence-corrected chi connectivity index (χ1v) is 10.6. The molecule has 1 heterocycles. The second-order valence-corrected chi connectivity index (χ2v) is 7.86. The van der Waals surface area contributed by atoms with Crippen molar-refractivity contribution in [3.63, 3.8) is 0 Å². The molecule has 0 saturated heterocycles. The van der Waals surface area contributed by atoms with Gasteiger partial charge >= 0.3 is 5.97 Å². The molecule has 1 atom stereocenters. The molecule has 0 radical (unpaired) electrons. The van der Waals surface area contributed by atoms with Crippen LogP contribution < -0.4 is 9.47 Å². The Morgan fingerprint density at radius 3 is 2.61 bits per heavy atom. The lowest BCUT2D eigenvalue weighted by Crippen LogP contribution is -2.16. The van der Waals surface area contributed by atoms with Crippen molar-refractivity contribution < 1.29 is 19.4 Å². The van der Waals surface area contributed by atoms with Gasteiger partial charge in [0.25, 0.3) is 0 Å². The van der Waals surface area contributed by atoms with Gasteiger partial charge in [0.1, 0.15) is 11.5 Å². The van der Waals surface area contributed by atoms with Crippen molar-refractivity contribution >= 4 is 17.6 Å². The molecular formula is C25H26ClNO4. The third-order valence-electron chi connectivity index (χ3n) is 4.98. The molecule has 3 rings (SSSR count). The van der Waals surface area contributed by atoms with Crippen molar-refractivity contribution in [3.05, 3.63) is 77.1 Å². The summed E-state index contributed by atoms with van der Waals surface area (Å²) in [6.45, 7) is 4.48. The highest BCUT2D eigenvalue weighted by molar-refractivity contribution is 6.31. The molecule has 0 fully saturated rings. The van der Waals surface area contributed by atoms with Crippen LogP contribution in [0, 0.1) is 6.92 Å². The molecule has 0 aliphatic carbocycles. The fourth-order valence-corrected chi connectivity index (χ4v) is 3.43. The van der Waals surface area contributed by atoms with E-state index in [1.807, 2.05) is 62.4 Å². The number of pyridine rings is 1. The summed E-state index contributed by atoms with van der Waals surface area (Å²) < 4.78 is 12.1. The molecule has 31 heavy (non-hydrogen) atoms. The molecule has 0 unspecified atom stereocenters. The topological polar surface area (TPSA) is 68.7 Å². The first-order chi connectivity index (χ1) is 14.9. The van der Waals surface area contributed by atoms with E-state index in [0.717, 1.165) is 33.8 Å². The minimum Gasteiger partial charge on any atom is -0.493 e. The molecule has 0 saturated carbocycles. The number of aryl methyl sites for hydroxylation is 2. The van der Waals surface area contributed by atoms with E-state index in [1.165, 1.54) is 0 Å². The third-order valence-corrected chi connectivity index (χ3v) is 5.21. The second-order valence-electron chi connectivity index (χ2n) is 7.42. The molecule has 1 aromatic heterocycles. The molecule has 0 spiro atoms.